The van der Waals surface area contributed by atoms with Crippen LogP contribution in [0.5, 0.6) is 0 Å². The van der Waals surface area contributed by atoms with Gasteiger partial charge >= 0.3 is 0 Å². The lowest BCUT2D eigenvalue weighted by Gasteiger charge is -2.19. The average Bonchev–Trinajstić information content (AvgIpc) is 3.28. The van der Waals surface area contributed by atoms with E-state index in [0.29, 0.717) is 30.4 Å². The Morgan fingerprint density at radius 2 is 2.08 bits per heavy atom. The Balaban J connectivity index is 1.24. The molecule has 2 aliphatic rings. The summed E-state index contributed by atoms with van der Waals surface area (Å²) in [6.07, 6.45) is 7.23. The quantitative estimate of drug-likeness (QED) is 0.376. The zero-order valence-electron chi connectivity index (χ0n) is 20.6. The number of anilines is 2. The highest BCUT2D eigenvalue weighted by atomic mass is 19.1. The van der Waals surface area contributed by atoms with Crippen molar-refractivity contribution in [3.05, 3.63) is 65.7 Å². The van der Waals surface area contributed by atoms with Gasteiger partial charge in [0.25, 0.3) is 11.7 Å². The molecule has 1 unspecified atom stereocenters. The fourth-order valence-corrected chi connectivity index (χ4v) is 4.66. The Bertz CT molecular complexity index is 1460. The first kappa shape index (κ1) is 23.3. The highest BCUT2D eigenvalue weighted by molar-refractivity contribution is 5.90. The van der Waals surface area contributed by atoms with Crippen LogP contribution in [-0.2, 0) is 18.9 Å². The van der Waals surface area contributed by atoms with Crippen molar-refractivity contribution in [3.63, 3.8) is 0 Å². The molecule has 0 radical (unpaired) electrons. The Kier molecular flexibility index (Phi) is 5.69. The number of hydrogen-bond donors (Lipinski definition) is 2. The highest BCUT2D eigenvalue weighted by Crippen LogP contribution is 2.46. The van der Waals surface area contributed by atoms with E-state index in [1.807, 2.05) is 44.4 Å². The Hall–Kier alpha value is -4.15. The number of hydrogen-bond acceptors (Lipinski definition) is 8. The first-order valence-electron chi connectivity index (χ1n) is 12.4. The number of carbonyl (C=O) groups is 1. The molecular formula is C26H27FN8O2. The zero-order chi connectivity index (χ0) is 25.6. The molecular weight excluding hydrogens is 475 g/mol. The van der Waals surface area contributed by atoms with E-state index in [0.717, 1.165) is 35.2 Å². The van der Waals surface area contributed by atoms with E-state index in [9.17, 15) is 9.18 Å². The minimum absolute atomic E-state index is 0.0111. The van der Waals surface area contributed by atoms with Crippen LogP contribution in [0.15, 0.2) is 47.4 Å². The van der Waals surface area contributed by atoms with Crippen molar-refractivity contribution >= 4 is 17.5 Å². The van der Waals surface area contributed by atoms with E-state index in [1.165, 1.54) is 0 Å². The third kappa shape index (κ3) is 4.81. The number of benzene rings is 1. The van der Waals surface area contributed by atoms with Gasteiger partial charge in [-0.25, -0.2) is 14.4 Å². The van der Waals surface area contributed by atoms with E-state index in [-0.39, 0.29) is 23.7 Å². The van der Waals surface area contributed by atoms with Crippen LogP contribution < -0.4 is 10.6 Å². The fourth-order valence-electron chi connectivity index (χ4n) is 4.66. The van der Waals surface area contributed by atoms with Gasteiger partial charge in [0.1, 0.15) is 6.17 Å². The summed E-state index contributed by atoms with van der Waals surface area (Å²) in [7, 11) is 1.83. The number of halogens is 1. The van der Waals surface area contributed by atoms with Crippen LogP contribution in [0.3, 0.4) is 0 Å². The van der Waals surface area contributed by atoms with Gasteiger partial charge in [0.2, 0.25) is 11.8 Å². The van der Waals surface area contributed by atoms with Crippen molar-refractivity contribution in [2.24, 2.45) is 7.05 Å². The second kappa shape index (κ2) is 9.06. The van der Waals surface area contributed by atoms with Crippen molar-refractivity contribution in [3.8, 4) is 11.3 Å². The summed E-state index contributed by atoms with van der Waals surface area (Å²) < 4.78 is 21.8. The molecule has 3 aromatic heterocycles. The summed E-state index contributed by atoms with van der Waals surface area (Å²) in [6, 6.07) is 7.28. The number of rotatable bonds is 6. The molecule has 1 saturated carbocycles. The predicted octanol–water partition coefficient (Wildman–Crippen LogP) is 4.20. The summed E-state index contributed by atoms with van der Waals surface area (Å²) in [5, 5.41) is 14.2. The number of carbonyl (C=O) groups excluding carboxylic acids is 1. The van der Waals surface area contributed by atoms with E-state index in [1.54, 1.807) is 17.1 Å². The number of fused-ring (bicyclic) bond motifs is 1. The molecule has 0 aliphatic heterocycles. The van der Waals surface area contributed by atoms with Crippen molar-refractivity contribution in [1.29, 1.82) is 0 Å². The molecule has 1 aromatic carbocycles. The Morgan fingerprint density at radius 3 is 2.86 bits per heavy atom. The normalized spacial score (nSPS) is 20.1. The smallest absolute Gasteiger partial charge is 0.293 e. The molecule has 1 fully saturated rings. The van der Waals surface area contributed by atoms with Crippen molar-refractivity contribution in [2.75, 3.05) is 5.32 Å². The standard InChI is InChI=1S/C26H27FN8O2/c1-26(8-9-26)24-33-22(34-37-24)23(36)31-21-6-4-17(27)12-16-11-15(3-5-19(16)21)20-7-10-28-25(32-20)30-18-13-29-35(2)14-18/h3,5,7,10-11,13-14,17,21H,4,6,8-9,12H2,1-2H3,(H,31,36)(H,28,30,32)/t17-,21?/m0/s1. The first-order chi connectivity index (χ1) is 17.9. The van der Waals surface area contributed by atoms with Gasteiger partial charge in [-0.3, -0.25) is 9.48 Å². The average molecular weight is 503 g/mol. The maximum Gasteiger partial charge on any atom is 0.293 e. The largest absolute Gasteiger partial charge is 0.342 e. The van der Waals surface area contributed by atoms with Gasteiger partial charge in [-0.15, -0.1) is 0 Å². The van der Waals surface area contributed by atoms with Crippen LogP contribution in [0.2, 0.25) is 0 Å². The summed E-state index contributed by atoms with van der Waals surface area (Å²) in [5.41, 5.74) is 3.94. The minimum atomic E-state index is -1.00. The van der Waals surface area contributed by atoms with Crippen LogP contribution >= 0.6 is 0 Å². The molecule has 2 N–H and O–H groups in total. The summed E-state index contributed by atoms with van der Waals surface area (Å²) >= 11 is 0. The van der Waals surface area contributed by atoms with Gasteiger partial charge in [0.15, 0.2) is 0 Å². The second-order valence-corrected chi connectivity index (χ2v) is 10.1. The van der Waals surface area contributed by atoms with E-state index < -0.39 is 12.1 Å². The molecule has 11 heteroatoms. The molecule has 190 valence electrons. The molecule has 2 aliphatic carbocycles. The van der Waals surface area contributed by atoms with Gasteiger partial charge in [-0.1, -0.05) is 24.2 Å². The Morgan fingerprint density at radius 1 is 1.22 bits per heavy atom. The molecule has 4 aromatic rings. The van der Waals surface area contributed by atoms with Gasteiger partial charge in [0, 0.05) is 36.8 Å². The molecule has 2 atom stereocenters. The van der Waals surface area contributed by atoms with Gasteiger partial charge in [-0.05, 0) is 48.9 Å². The van der Waals surface area contributed by atoms with E-state index >= 15 is 0 Å². The predicted molar refractivity (Wildman–Crippen MR) is 133 cm³/mol. The zero-order valence-corrected chi connectivity index (χ0v) is 20.6. The first-order valence-corrected chi connectivity index (χ1v) is 12.4. The maximum atomic E-state index is 14.7. The fraction of sp³-hybridized carbons (Fsp3) is 0.385. The lowest BCUT2D eigenvalue weighted by atomic mass is 9.95. The summed E-state index contributed by atoms with van der Waals surface area (Å²) in [5.74, 6) is 0.526. The summed E-state index contributed by atoms with van der Waals surface area (Å²) in [4.78, 5) is 26.2. The van der Waals surface area contributed by atoms with Crippen molar-refractivity contribution < 1.29 is 13.7 Å². The lowest BCUT2D eigenvalue weighted by molar-refractivity contribution is 0.0919. The minimum Gasteiger partial charge on any atom is -0.342 e. The van der Waals surface area contributed by atoms with E-state index in [2.05, 4.69) is 35.8 Å². The molecule has 3 heterocycles. The highest BCUT2D eigenvalue weighted by Gasteiger charge is 2.45. The molecule has 0 spiro atoms. The topological polar surface area (TPSA) is 124 Å². The molecule has 6 rings (SSSR count). The number of aryl methyl sites for hydroxylation is 1. The summed E-state index contributed by atoms with van der Waals surface area (Å²) in [6.45, 7) is 2.04. The number of nitrogens with one attached hydrogen (secondary N) is 2. The van der Waals surface area contributed by atoms with Crippen LogP contribution in [0.4, 0.5) is 16.0 Å². The van der Waals surface area contributed by atoms with Crippen molar-refractivity contribution in [2.45, 2.75) is 56.7 Å². The van der Waals surface area contributed by atoms with Gasteiger partial charge in [0.05, 0.1) is 23.6 Å². The number of aromatic nitrogens is 6. The number of amides is 1. The van der Waals surface area contributed by atoms with Crippen LogP contribution in [0.1, 0.15) is 66.3 Å². The molecule has 0 saturated heterocycles. The van der Waals surface area contributed by atoms with Crippen LogP contribution in [-0.4, -0.2) is 42.0 Å². The van der Waals surface area contributed by atoms with E-state index in [4.69, 9.17) is 4.52 Å². The molecule has 10 nitrogen and oxygen atoms in total. The van der Waals surface area contributed by atoms with Gasteiger partial charge in [-0.2, -0.15) is 10.1 Å². The third-order valence-corrected chi connectivity index (χ3v) is 7.09. The Labute approximate surface area is 212 Å². The maximum absolute atomic E-state index is 14.7. The monoisotopic (exact) mass is 502 g/mol. The van der Waals surface area contributed by atoms with Crippen LogP contribution in [0.25, 0.3) is 11.3 Å². The molecule has 0 bridgehead atoms. The molecule has 1 amide bonds. The number of nitrogens with zero attached hydrogens (tertiary/aromatic N) is 6. The van der Waals surface area contributed by atoms with Crippen molar-refractivity contribution in [1.82, 2.24) is 35.2 Å². The van der Waals surface area contributed by atoms with Crippen LogP contribution in [0, 0.1) is 0 Å². The SMILES string of the molecule is Cn1cc(Nc2nccc(-c3ccc4c(c3)C[C@@H](F)CCC4NC(=O)c3noc(C4(C)CC4)n3)n2)cn1. The van der Waals surface area contributed by atoms with Gasteiger partial charge < -0.3 is 15.2 Å². The lowest BCUT2D eigenvalue weighted by Crippen LogP contribution is -2.29. The second-order valence-electron chi connectivity index (χ2n) is 10.1. The number of alkyl halides is 1. The third-order valence-electron chi connectivity index (χ3n) is 7.09. The molecule has 37 heavy (non-hydrogen) atoms.